The van der Waals surface area contributed by atoms with E-state index in [-0.39, 0.29) is 23.5 Å². The van der Waals surface area contributed by atoms with E-state index in [1.54, 1.807) is 24.3 Å². The van der Waals surface area contributed by atoms with Gasteiger partial charge in [0.25, 0.3) is 0 Å². The van der Waals surface area contributed by atoms with Gasteiger partial charge in [0, 0.05) is 44.8 Å². The maximum absolute atomic E-state index is 14.3. The van der Waals surface area contributed by atoms with Crippen molar-refractivity contribution < 1.29 is 13.5 Å². The molecule has 1 saturated heterocycles. The number of hydrogen-bond donors (Lipinski definition) is 0. The van der Waals surface area contributed by atoms with Gasteiger partial charge in [0.1, 0.15) is 11.9 Å². The molecule has 0 aliphatic carbocycles. The Morgan fingerprint density at radius 1 is 0.875 bits per heavy atom. The van der Waals surface area contributed by atoms with E-state index in [4.69, 9.17) is 4.74 Å². The van der Waals surface area contributed by atoms with Gasteiger partial charge in [0.15, 0.2) is 11.6 Å². The van der Waals surface area contributed by atoms with Gasteiger partial charge in [-0.3, -0.25) is 4.90 Å². The summed E-state index contributed by atoms with van der Waals surface area (Å²) in [5, 5.41) is 0. The van der Waals surface area contributed by atoms with Crippen LogP contribution in [0.15, 0.2) is 66.7 Å². The summed E-state index contributed by atoms with van der Waals surface area (Å²) >= 11 is 0. The fourth-order valence-corrected chi connectivity index (χ4v) is 4.26. The van der Waals surface area contributed by atoms with Crippen LogP contribution in [-0.2, 0) is 0 Å². The monoisotopic (exact) mass is 436 g/mol. The molecule has 0 N–H and O–H groups in total. The predicted molar refractivity (Wildman–Crippen MR) is 125 cm³/mol. The summed E-state index contributed by atoms with van der Waals surface area (Å²) in [7, 11) is 0. The molecule has 3 nitrogen and oxygen atoms in total. The molecule has 4 rings (SSSR count). The summed E-state index contributed by atoms with van der Waals surface area (Å²) in [6, 6.07) is 19.7. The number of hydrogen-bond acceptors (Lipinski definition) is 3. The van der Waals surface area contributed by atoms with Gasteiger partial charge in [0.2, 0.25) is 0 Å². The molecule has 1 aliphatic heterocycles. The molecule has 0 radical (unpaired) electrons. The highest BCUT2D eigenvalue weighted by Crippen LogP contribution is 2.29. The zero-order valence-corrected chi connectivity index (χ0v) is 18.7. The second kappa shape index (κ2) is 10.1. The molecule has 1 atom stereocenters. The first-order chi connectivity index (χ1) is 15.5. The number of rotatable bonds is 7. The molecule has 5 heteroatoms. The molecule has 0 saturated carbocycles. The maximum Gasteiger partial charge on any atom is 0.165 e. The van der Waals surface area contributed by atoms with Crippen LogP contribution in [0.25, 0.3) is 0 Å². The number of aryl methyl sites for hydroxylation is 2. The smallest absolute Gasteiger partial charge is 0.165 e. The van der Waals surface area contributed by atoms with Gasteiger partial charge in [-0.1, -0.05) is 36.4 Å². The van der Waals surface area contributed by atoms with Crippen molar-refractivity contribution in [3.63, 3.8) is 0 Å². The molecule has 0 spiro atoms. The molecule has 1 aliphatic rings. The van der Waals surface area contributed by atoms with Gasteiger partial charge in [0.05, 0.1) is 0 Å². The SMILES string of the molecule is Cc1ccc(F)c(O[C@@H](CCN2CCN(c3ccccc3C)CC2)c2ccc(F)cc2)c1. The highest BCUT2D eigenvalue weighted by atomic mass is 19.1. The number of nitrogens with zero attached hydrogens (tertiary/aromatic N) is 2. The predicted octanol–water partition coefficient (Wildman–Crippen LogP) is 5.91. The fraction of sp³-hybridized carbons (Fsp3) is 0.333. The van der Waals surface area contributed by atoms with Gasteiger partial charge in [-0.25, -0.2) is 8.78 Å². The third kappa shape index (κ3) is 5.46. The molecule has 3 aromatic rings. The Morgan fingerprint density at radius 3 is 2.31 bits per heavy atom. The minimum Gasteiger partial charge on any atom is -0.483 e. The zero-order chi connectivity index (χ0) is 22.5. The van der Waals surface area contributed by atoms with Crippen LogP contribution in [0.5, 0.6) is 5.75 Å². The quantitative estimate of drug-likeness (QED) is 0.458. The topological polar surface area (TPSA) is 15.7 Å². The second-order valence-electron chi connectivity index (χ2n) is 8.50. The van der Waals surface area contributed by atoms with Gasteiger partial charge >= 0.3 is 0 Å². The summed E-state index contributed by atoms with van der Waals surface area (Å²) in [6.07, 6.45) is 0.352. The molecule has 0 unspecified atom stereocenters. The highest BCUT2D eigenvalue weighted by Gasteiger charge is 2.21. The third-order valence-electron chi connectivity index (χ3n) is 6.13. The lowest BCUT2D eigenvalue weighted by atomic mass is 10.1. The first kappa shape index (κ1) is 22.3. The van der Waals surface area contributed by atoms with Crippen LogP contribution in [0.3, 0.4) is 0 Å². The number of benzene rings is 3. The van der Waals surface area contributed by atoms with E-state index in [2.05, 4.69) is 41.0 Å². The van der Waals surface area contributed by atoms with Crippen molar-refractivity contribution in [1.82, 2.24) is 4.90 Å². The first-order valence-corrected chi connectivity index (χ1v) is 11.2. The lowest BCUT2D eigenvalue weighted by Gasteiger charge is -2.37. The zero-order valence-electron chi connectivity index (χ0n) is 18.7. The van der Waals surface area contributed by atoms with Crippen LogP contribution in [0.2, 0.25) is 0 Å². The van der Waals surface area contributed by atoms with E-state index in [9.17, 15) is 8.78 Å². The Morgan fingerprint density at radius 2 is 1.59 bits per heavy atom. The van der Waals surface area contributed by atoms with Crippen molar-refractivity contribution >= 4 is 5.69 Å². The Bertz CT molecular complexity index is 1030. The molecule has 168 valence electrons. The van der Waals surface area contributed by atoms with Crippen LogP contribution >= 0.6 is 0 Å². The minimum atomic E-state index is -0.380. The van der Waals surface area contributed by atoms with E-state index in [0.717, 1.165) is 43.9 Å². The number of halogens is 2. The van der Waals surface area contributed by atoms with E-state index < -0.39 is 0 Å². The Hall–Kier alpha value is -2.92. The Balaban J connectivity index is 1.41. The van der Waals surface area contributed by atoms with Crippen molar-refractivity contribution in [3.05, 3.63) is 95.1 Å². The lowest BCUT2D eigenvalue weighted by Crippen LogP contribution is -2.47. The van der Waals surface area contributed by atoms with Crippen molar-refractivity contribution in [3.8, 4) is 5.75 Å². The third-order valence-corrected chi connectivity index (χ3v) is 6.13. The number of ether oxygens (including phenoxy) is 1. The van der Waals surface area contributed by atoms with E-state index in [0.29, 0.717) is 6.42 Å². The van der Waals surface area contributed by atoms with E-state index in [1.807, 2.05) is 6.92 Å². The van der Waals surface area contributed by atoms with Crippen LogP contribution in [-0.4, -0.2) is 37.6 Å². The van der Waals surface area contributed by atoms with Gasteiger partial charge in [-0.05, 0) is 60.9 Å². The molecule has 1 heterocycles. The van der Waals surface area contributed by atoms with Gasteiger partial charge in [-0.2, -0.15) is 0 Å². The van der Waals surface area contributed by atoms with Gasteiger partial charge < -0.3 is 9.64 Å². The molecular weight excluding hydrogens is 406 g/mol. The molecule has 1 fully saturated rings. The average molecular weight is 437 g/mol. The lowest BCUT2D eigenvalue weighted by molar-refractivity contribution is 0.154. The largest absolute Gasteiger partial charge is 0.483 e. The highest BCUT2D eigenvalue weighted by molar-refractivity contribution is 5.53. The minimum absolute atomic E-state index is 0.240. The second-order valence-corrected chi connectivity index (χ2v) is 8.50. The summed E-state index contributed by atoms with van der Waals surface area (Å²) in [5.74, 6) is -0.431. The molecule has 0 bridgehead atoms. The van der Waals surface area contributed by atoms with E-state index >= 15 is 0 Å². The Kier molecular flexibility index (Phi) is 7.05. The first-order valence-electron chi connectivity index (χ1n) is 11.2. The van der Waals surface area contributed by atoms with Crippen LogP contribution < -0.4 is 9.64 Å². The van der Waals surface area contributed by atoms with Crippen molar-refractivity contribution in [2.75, 3.05) is 37.6 Å². The van der Waals surface area contributed by atoms with Crippen LogP contribution in [0.1, 0.15) is 29.2 Å². The molecule has 32 heavy (non-hydrogen) atoms. The standard InChI is InChI=1S/C27H30F2N2O/c1-20-7-12-24(29)27(19-20)32-26(22-8-10-23(28)11-9-22)13-14-30-15-17-31(18-16-30)25-6-4-3-5-21(25)2/h3-12,19,26H,13-18H2,1-2H3/t26-/m0/s1. The Labute approximate surface area is 189 Å². The summed E-state index contributed by atoms with van der Waals surface area (Å²) in [4.78, 5) is 4.85. The normalized spacial score (nSPS) is 15.6. The fourth-order valence-electron chi connectivity index (χ4n) is 4.26. The number of para-hydroxylation sites is 1. The van der Waals surface area contributed by atoms with Crippen LogP contribution in [0.4, 0.5) is 14.5 Å². The molecule has 3 aromatic carbocycles. The average Bonchev–Trinajstić information content (AvgIpc) is 2.80. The molecule has 0 amide bonds. The summed E-state index contributed by atoms with van der Waals surface area (Å²) < 4.78 is 33.9. The number of piperazine rings is 1. The van der Waals surface area contributed by atoms with Crippen molar-refractivity contribution in [2.24, 2.45) is 0 Å². The van der Waals surface area contributed by atoms with E-state index in [1.165, 1.54) is 29.4 Å². The summed E-state index contributed by atoms with van der Waals surface area (Å²) in [5.41, 5.74) is 4.39. The number of anilines is 1. The van der Waals surface area contributed by atoms with Crippen molar-refractivity contribution in [2.45, 2.75) is 26.4 Å². The molecule has 0 aromatic heterocycles. The van der Waals surface area contributed by atoms with Crippen LogP contribution in [0, 0.1) is 25.5 Å². The maximum atomic E-state index is 14.3. The van der Waals surface area contributed by atoms with Gasteiger partial charge in [-0.15, -0.1) is 0 Å². The van der Waals surface area contributed by atoms with Crippen molar-refractivity contribution in [1.29, 1.82) is 0 Å². The molecular formula is C27H30F2N2O. The summed E-state index contributed by atoms with van der Waals surface area (Å²) in [6.45, 7) is 8.76.